The molecule has 1 unspecified atom stereocenters. The van der Waals surface area contributed by atoms with Crippen molar-refractivity contribution >= 4 is 17.6 Å². The Hall–Kier alpha value is 0.354. The quantitative estimate of drug-likeness (QED) is 0.497. The van der Waals surface area contributed by atoms with Gasteiger partial charge in [0, 0.05) is 6.61 Å². The van der Waals surface area contributed by atoms with Crippen molar-refractivity contribution < 1.29 is 4.43 Å². The molecule has 0 aromatic rings. The molecule has 4 heteroatoms. The fraction of sp³-hybridized carbons (Fsp3) is 1.00. The van der Waals surface area contributed by atoms with E-state index < -0.39 is 0 Å². The van der Waals surface area contributed by atoms with Crippen LogP contribution in [0.4, 0.5) is 0 Å². The summed E-state index contributed by atoms with van der Waals surface area (Å²) in [5.41, 5.74) is 5.44. The van der Waals surface area contributed by atoms with E-state index in [1.807, 2.05) is 0 Å². The smallest absolute Gasteiger partial charge is 0.147 e. The largest absolute Gasteiger partial charge is 0.428 e. The molecule has 0 spiro atoms. The zero-order chi connectivity index (χ0) is 7.94. The lowest BCUT2D eigenvalue weighted by molar-refractivity contribution is 0.335. The molecule has 2 N–H and O–H groups in total. The van der Waals surface area contributed by atoms with Crippen molar-refractivity contribution in [2.45, 2.75) is 31.4 Å². The normalized spacial score (nSPS) is 27.5. The van der Waals surface area contributed by atoms with Crippen LogP contribution in [0.15, 0.2) is 0 Å². The van der Waals surface area contributed by atoms with Crippen molar-refractivity contribution in [3.05, 3.63) is 0 Å². The van der Waals surface area contributed by atoms with Crippen LogP contribution in [-0.2, 0) is 4.43 Å². The molecule has 1 saturated heterocycles. The zero-order valence-corrected chi connectivity index (χ0v) is 9.79. The van der Waals surface area contributed by atoms with Crippen LogP contribution in [-0.4, -0.2) is 30.7 Å². The van der Waals surface area contributed by atoms with E-state index in [2.05, 4.69) is 0 Å². The highest BCUT2D eigenvalue weighted by atomic mass is 29.2. The maximum absolute atomic E-state index is 5.58. The van der Waals surface area contributed by atoms with Gasteiger partial charge in [-0.25, -0.2) is 0 Å². The van der Waals surface area contributed by atoms with Crippen molar-refractivity contribution in [3.63, 3.8) is 0 Å². The van der Waals surface area contributed by atoms with Gasteiger partial charge in [-0.05, 0) is 19.4 Å². The van der Waals surface area contributed by atoms with E-state index in [1.165, 1.54) is 25.3 Å². The standard InChI is InChI=1S/C7H19NOSi2/c8-4-1-2-6-11-7-3-5-9-10-11/h11H,1-8,10H2. The van der Waals surface area contributed by atoms with Gasteiger partial charge >= 0.3 is 0 Å². The first-order valence-electron chi connectivity index (χ1n) is 4.71. The van der Waals surface area contributed by atoms with Gasteiger partial charge in [0.05, 0.1) is 8.31 Å². The molecular weight excluding hydrogens is 170 g/mol. The minimum absolute atomic E-state index is 0.00742. The van der Waals surface area contributed by atoms with Gasteiger partial charge in [0.2, 0.25) is 0 Å². The maximum Gasteiger partial charge on any atom is 0.147 e. The second-order valence-electron chi connectivity index (χ2n) is 3.37. The van der Waals surface area contributed by atoms with Gasteiger partial charge in [-0.2, -0.15) is 0 Å². The molecule has 1 atom stereocenters. The molecule has 0 saturated carbocycles. The van der Waals surface area contributed by atoms with Crippen molar-refractivity contribution in [1.29, 1.82) is 0 Å². The summed E-state index contributed by atoms with van der Waals surface area (Å²) in [6.45, 7) is 1.95. The third-order valence-corrected chi connectivity index (χ3v) is 10.3. The van der Waals surface area contributed by atoms with Crippen molar-refractivity contribution in [1.82, 2.24) is 0 Å². The Morgan fingerprint density at radius 3 is 3.00 bits per heavy atom. The number of nitrogens with two attached hydrogens (primary N) is 1. The van der Waals surface area contributed by atoms with Crippen molar-refractivity contribution in [3.8, 4) is 0 Å². The lowest BCUT2D eigenvalue weighted by Gasteiger charge is -2.19. The Bertz CT molecular complexity index is 96.4. The molecule has 2 nitrogen and oxygen atoms in total. The molecule has 11 heavy (non-hydrogen) atoms. The molecular formula is C7H19NOSi2. The Labute approximate surface area is 72.8 Å². The molecule has 1 aliphatic heterocycles. The Morgan fingerprint density at radius 2 is 2.36 bits per heavy atom. The second-order valence-corrected chi connectivity index (χ2v) is 11.5. The van der Waals surface area contributed by atoms with Crippen LogP contribution in [0.3, 0.4) is 0 Å². The summed E-state index contributed by atoms with van der Waals surface area (Å²) < 4.78 is 5.58. The van der Waals surface area contributed by atoms with Gasteiger partial charge < -0.3 is 10.2 Å². The van der Waals surface area contributed by atoms with Crippen LogP contribution >= 0.6 is 0 Å². The van der Waals surface area contributed by atoms with E-state index in [9.17, 15) is 0 Å². The predicted octanol–water partition coefficient (Wildman–Crippen LogP) is -0.0468. The van der Waals surface area contributed by atoms with E-state index >= 15 is 0 Å². The van der Waals surface area contributed by atoms with Crippen LogP contribution < -0.4 is 5.73 Å². The summed E-state index contributed by atoms with van der Waals surface area (Å²) in [5.74, 6) is 0. The summed E-state index contributed by atoms with van der Waals surface area (Å²) in [6, 6.07) is 3.08. The maximum atomic E-state index is 5.58. The Morgan fingerprint density at radius 1 is 1.45 bits per heavy atom. The lowest BCUT2D eigenvalue weighted by atomic mass is 10.3. The summed E-state index contributed by atoms with van der Waals surface area (Å²) in [7, 11) is -0.304. The zero-order valence-electron chi connectivity index (χ0n) is 7.22. The molecule has 1 heterocycles. The Kier molecular flexibility index (Phi) is 5.09. The average Bonchev–Trinajstić information content (AvgIpc) is 2.07. The molecule has 0 aromatic carbocycles. The topological polar surface area (TPSA) is 35.2 Å². The molecule has 1 fully saturated rings. The first-order chi connectivity index (χ1) is 5.43. The first kappa shape index (κ1) is 9.44. The van der Waals surface area contributed by atoms with Gasteiger partial charge in [-0.3, -0.25) is 0 Å². The average molecular weight is 189 g/mol. The summed E-state index contributed by atoms with van der Waals surface area (Å²) in [5, 5.41) is 0. The summed E-state index contributed by atoms with van der Waals surface area (Å²) in [4.78, 5) is 0. The highest BCUT2D eigenvalue weighted by Gasteiger charge is 2.15. The van der Waals surface area contributed by atoms with Crippen LogP contribution in [0.2, 0.25) is 12.1 Å². The van der Waals surface area contributed by atoms with E-state index in [0.717, 1.165) is 13.2 Å². The van der Waals surface area contributed by atoms with Gasteiger partial charge in [0.15, 0.2) is 0 Å². The molecule has 0 amide bonds. The molecule has 0 bridgehead atoms. The molecule has 1 rings (SSSR count). The predicted molar refractivity (Wildman–Crippen MR) is 54.2 cm³/mol. The number of hydrogen-bond acceptors (Lipinski definition) is 2. The van der Waals surface area contributed by atoms with Gasteiger partial charge in [-0.1, -0.05) is 18.5 Å². The summed E-state index contributed by atoms with van der Waals surface area (Å²) >= 11 is 0. The molecule has 0 radical (unpaired) electrons. The van der Waals surface area contributed by atoms with Crippen LogP contribution in [0.25, 0.3) is 0 Å². The fourth-order valence-electron chi connectivity index (χ4n) is 1.61. The van der Waals surface area contributed by atoms with Crippen molar-refractivity contribution in [2.75, 3.05) is 13.2 Å². The monoisotopic (exact) mass is 189 g/mol. The van der Waals surface area contributed by atoms with Crippen LogP contribution in [0, 0.1) is 0 Å². The number of rotatable bonds is 4. The van der Waals surface area contributed by atoms with Gasteiger partial charge in [0.25, 0.3) is 0 Å². The third-order valence-electron chi connectivity index (χ3n) is 2.32. The highest BCUT2D eigenvalue weighted by molar-refractivity contribution is 7.10. The molecule has 1 aliphatic rings. The first-order valence-corrected chi connectivity index (χ1v) is 10.2. The van der Waals surface area contributed by atoms with E-state index in [1.54, 1.807) is 6.04 Å². The molecule has 0 aromatic heterocycles. The van der Waals surface area contributed by atoms with E-state index in [4.69, 9.17) is 10.2 Å². The minimum atomic E-state index is -0.297. The number of hydrogen-bond donors (Lipinski definition) is 1. The van der Waals surface area contributed by atoms with E-state index in [0.29, 0.717) is 0 Å². The molecule has 0 aliphatic carbocycles. The van der Waals surface area contributed by atoms with E-state index in [-0.39, 0.29) is 17.6 Å². The van der Waals surface area contributed by atoms with Gasteiger partial charge in [-0.15, -0.1) is 0 Å². The van der Waals surface area contributed by atoms with Gasteiger partial charge in [0.1, 0.15) is 9.28 Å². The summed E-state index contributed by atoms with van der Waals surface area (Å²) in [6.07, 6.45) is 3.97. The van der Waals surface area contributed by atoms with Crippen LogP contribution in [0.5, 0.6) is 0 Å². The lowest BCUT2D eigenvalue weighted by Crippen LogP contribution is -2.29. The minimum Gasteiger partial charge on any atom is -0.428 e. The third kappa shape index (κ3) is 4.05. The highest BCUT2D eigenvalue weighted by Crippen LogP contribution is 2.11. The SMILES string of the molecule is NCCCC[SiH]1CCCO[SiH2]1. The van der Waals surface area contributed by atoms with Crippen molar-refractivity contribution in [2.24, 2.45) is 5.73 Å². The number of unbranched alkanes of at least 4 members (excludes halogenated alkanes) is 1. The molecule has 66 valence electrons. The second kappa shape index (κ2) is 5.94. The Balaban J connectivity index is 1.96. The fourth-order valence-corrected chi connectivity index (χ4v) is 8.78. The van der Waals surface area contributed by atoms with Crippen LogP contribution in [0.1, 0.15) is 19.3 Å².